The normalized spacial score (nSPS) is 27.2. The number of likely N-dealkylation sites (tertiary alicyclic amines) is 1. The van der Waals surface area contributed by atoms with Crippen LogP contribution in [0, 0.1) is 19.8 Å². The van der Waals surface area contributed by atoms with Gasteiger partial charge in [-0.15, -0.1) is 0 Å². The molecule has 0 N–H and O–H groups in total. The number of nitrogens with zero attached hydrogens (tertiary/aromatic N) is 1. The highest BCUT2D eigenvalue weighted by molar-refractivity contribution is 5.83. The van der Waals surface area contributed by atoms with Crippen molar-refractivity contribution in [1.82, 2.24) is 4.90 Å². The largest absolute Gasteiger partial charge is 0.299 e. The summed E-state index contributed by atoms with van der Waals surface area (Å²) in [5.41, 5.74) is 4.15. The molecule has 0 radical (unpaired) electrons. The molecule has 0 aromatic heterocycles. The van der Waals surface area contributed by atoms with Crippen LogP contribution < -0.4 is 0 Å². The van der Waals surface area contributed by atoms with Crippen molar-refractivity contribution in [2.75, 3.05) is 6.54 Å². The van der Waals surface area contributed by atoms with E-state index in [0.29, 0.717) is 17.7 Å². The lowest BCUT2D eigenvalue weighted by Crippen LogP contribution is -2.45. The number of carbonyl (C=O) groups excluding carboxylic acids is 1. The summed E-state index contributed by atoms with van der Waals surface area (Å²) in [5, 5.41) is 0. The van der Waals surface area contributed by atoms with E-state index in [1.54, 1.807) is 0 Å². The Bertz CT molecular complexity index is 522. The SMILES string of the molecule is Cc1ccc(C)c(CN2CCCCC2C2CCCC2=O)c1. The highest BCUT2D eigenvalue weighted by Crippen LogP contribution is 2.33. The zero-order chi connectivity index (χ0) is 14.8. The van der Waals surface area contributed by atoms with Gasteiger partial charge in [0, 0.05) is 24.9 Å². The third-order valence-electron chi connectivity index (χ3n) is 5.36. The number of Topliss-reactive ketones (excluding diaryl/α,β-unsaturated/α-hetero) is 1. The van der Waals surface area contributed by atoms with Gasteiger partial charge >= 0.3 is 0 Å². The van der Waals surface area contributed by atoms with Crippen molar-refractivity contribution in [3.05, 3.63) is 34.9 Å². The van der Waals surface area contributed by atoms with Crippen LogP contribution in [0.25, 0.3) is 0 Å². The predicted molar refractivity (Wildman–Crippen MR) is 86.3 cm³/mol. The quantitative estimate of drug-likeness (QED) is 0.836. The summed E-state index contributed by atoms with van der Waals surface area (Å²) >= 11 is 0. The second-order valence-electron chi connectivity index (χ2n) is 6.93. The lowest BCUT2D eigenvalue weighted by Gasteiger charge is -2.39. The minimum atomic E-state index is 0.315. The number of hydrogen-bond acceptors (Lipinski definition) is 2. The lowest BCUT2D eigenvalue weighted by atomic mass is 9.88. The molecule has 1 aliphatic carbocycles. The van der Waals surface area contributed by atoms with Gasteiger partial charge in [0.15, 0.2) is 0 Å². The zero-order valence-electron chi connectivity index (χ0n) is 13.4. The van der Waals surface area contributed by atoms with E-state index in [1.165, 1.54) is 36.0 Å². The molecular weight excluding hydrogens is 258 g/mol. The highest BCUT2D eigenvalue weighted by Gasteiger charge is 2.36. The molecule has 21 heavy (non-hydrogen) atoms. The molecule has 2 atom stereocenters. The minimum Gasteiger partial charge on any atom is -0.299 e. The van der Waals surface area contributed by atoms with Crippen molar-refractivity contribution in [3.63, 3.8) is 0 Å². The first-order chi connectivity index (χ1) is 10.1. The first-order valence-corrected chi connectivity index (χ1v) is 8.48. The molecule has 2 heteroatoms. The Morgan fingerprint density at radius 2 is 2.00 bits per heavy atom. The van der Waals surface area contributed by atoms with E-state index in [0.717, 1.165) is 32.4 Å². The molecule has 2 unspecified atom stereocenters. The van der Waals surface area contributed by atoms with E-state index < -0.39 is 0 Å². The second kappa shape index (κ2) is 6.31. The van der Waals surface area contributed by atoms with Gasteiger partial charge in [0.25, 0.3) is 0 Å². The maximum Gasteiger partial charge on any atom is 0.137 e. The van der Waals surface area contributed by atoms with Gasteiger partial charge in [-0.3, -0.25) is 9.69 Å². The summed E-state index contributed by atoms with van der Waals surface area (Å²) in [5.74, 6) is 0.836. The fourth-order valence-corrected chi connectivity index (χ4v) is 4.11. The molecule has 0 spiro atoms. The van der Waals surface area contributed by atoms with Gasteiger partial charge in [-0.2, -0.15) is 0 Å². The van der Waals surface area contributed by atoms with Gasteiger partial charge in [0.1, 0.15) is 5.78 Å². The monoisotopic (exact) mass is 285 g/mol. The van der Waals surface area contributed by atoms with Crippen molar-refractivity contribution < 1.29 is 4.79 Å². The molecule has 2 aliphatic rings. The van der Waals surface area contributed by atoms with Gasteiger partial charge in [-0.25, -0.2) is 0 Å². The fraction of sp³-hybridized carbons (Fsp3) is 0.632. The van der Waals surface area contributed by atoms with Gasteiger partial charge < -0.3 is 0 Å². The van der Waals surface area contributed by atoms with Crippen LogP contribution in [0.2, 0.25) is 0 Å². The number of ketones is 1. The molecule has 1 saturated heterocycles. The van der Waals surface area contributed by atoms with E-state index in [2.05, 4.69) is 36.9 Å². The number of aryl methyl sites for hydroxylation is 2. The zero-order valence-corrected chi connectivity index (χ0v) is 13.4. The number of hydrogen-bond donors (Lipinski definition) is 0. The summed E-state index contributed by atoms with van der Waals surface area (Å²) in [6.07, 6.45) is 6.82. The Labute approximate surface area is 128 Å². The van der Waals surface area contributed by atoms with Gasteiger partial charge in [-0.1, -0.05) is 30.2 Å². The van der Waals surface area contributed by atoms with Gasteiger partial charge in [0.05, 0.1) is 0 Å². The molecule has 2 fully saturated rings. The Balaban J connectivity index is 1.78. The Morgan fingerprint density at radius 3 is 2.76 bits per heavy atom. The Kier molecular flexibility index (Phi) is 4.44. The van der Waals surface area contributed by atoms with Crippen LogP contribution in [0.3, 0.4) is 0 Å². The van der Waals surface area contributed by atoms with Crippen LogP contribution in [0.15, 0.2) is 18.2 Å². The fourth-order valence-electron chi connectivity index (χ4n) is 4.11. The van der Waals surface area contributed by atoms with Crippen molar-refractivity contribution in [2.45, 2.75) is 65.0 Å². The third kappa shape index (κ3) is 3.21. The first-order valence-electron chi connectivity index (χ1n) is 8.48. The minimum absolute atomic E-state index is 0.315. The lowest BCUT2D eigenvalue weighted by molar-refractivity contribution is -0.123. The Morgan fingerprint density at radius 1 is 1.14 bits per heavy atom. The number of benzene rings is 1. The molecule has 3 rings (SSSR count). The topological polar surface area (TPSA) is 20.3 Å². The maximum atomic E-state index is 12.2. The van der Waals surface area contributed by atoms with Crippen LogP contribution in [0.4, 0.5) is 0 Å². The van der Waals surface area contributed by atoms with Crippen LogP contribution in [-0.2, 0) is 11.3 Å². The standard InChI is InChI=1S/C19H27NO/c1-14-9-10-15(2)16(12-14)13-20-11-4-3-7-18(20)17-6-5-8-19(17)21/h9-10,12,17-18H,3-8,11,13H2,1-2H3. The molecule has 2 nitrogen and oxygen atoms in total. The van der Waals surface area contributed by atoms with Crippen LogP contribution in [0.5, 0.6) is 0 Å². The highest BCUT2D eigenvalue weighted by atomic mass is 16.1. The summed E-state index contributed by atoms with van der Waals surface area (Å²) in [6, 6.07) is 7.23. The smallest absolute Gasteiger partial charge is 0.137 e. The molecule has 1 aromatic carbocycles. The predicted octanol–water partition coefficient (Wildman–Crippen LogP) is 4.03. The molecule has 1 aromatic rings. The summed E-state index contributed by atoms with van der Waals surface area (Å²) < 4.78 is 0. The third-order valence-corrected chi connectivity index (χ3v) is 5.36. The molecule has 0 bridgehead atoms. The van der Waals surface area contributed by atoms with E-state index >= 15 is 0 Å². The maximum absolute atomic E-state index is 12.2. The molecular formula is C19H27NO. The van der Waals surface area contributed by atoms with Crippen LogP contribution in [0.1, 0.15) is 55.2 Å². The van der Waals surface area contributed by atoms with E-state index in [9.17, 15) is 4.79 Å². The molecule has 1 heterocycles. The van der Waals surface area contributed by atoms with E-state index in [1.807, 2.05) is 0 Å². The summed E-state index contributed by atoms with van der Waals surface area (Å²) in [6.45, 7) is 6.54. The van der Waals surface area contributed by atoms with Crippen molar-refractivity contribution in [1.29, 1.82) is 0 Å². The summed E-state index contributed by atoms with van der Waals surface area (Å²) in [7, 11) is 0. The molecule has 1 saturated carbocycles. The molecule has 0 amide bonds. The van der Waals surface area contributed by atoms with Crippen molar-refractivity contribution in [3.8, 4) is 0 Å². The molecule has 1 aliphatic heterocycles. The van der Waals surface area contributed by atoms with Crippen LogP contribution in [-0.4, -0.2) is 23.3 Å². The molecule has 114 valence electrons. The van der Waals surface area contributed by atoms with E-state index in [4.69, 9.17) is 0 Å². The van der Waals surface area contributed by atoms with Gasteiger partial charge in [-0.05, 0) is 57.2 Å². The van der Waals surface area contributed by atoms with Crippen molar-refractivity contribution >= 4 is 5.78 Å². The Hall–Kier alpha value is -1.15. The number of rotatable bonds is 3. The van der Waals surface area contributed by atoms with Crippen molar-refractivity contribution in [2.24, 2.45) is 5.92 Å². The van der Waals surface area contributed by atoms with Crippen LogP contribution >= 0.6 is 0 Å². The second-order valence-corrected chi connectivity index (χ2v) is 6.93. The number of piperidine rings is 1. The average Bonchev–Trinajstić information content (AvgIpc) is 2.90. The van der Waals surface area contributed by atoms with Gasteiger partial charge in [0.2, 0.25) is 0 Å². The average molecular weight is 285 g/mol. The first kappa shape index (κ1) is 14.8. The number of carbonyl (C=O) groups is 1. The summed E-state index contributed by atoms with van der Waals surface area (Å²) in [4.78, 5) is 14.8. The van der Waals surface area contributed by atoms with E-state index in [-0.39, 0.29) is 0 Å².